The van der Waals surface area contributed by atoms with Gasteiger partial charge in [0.1, 0.15) is 5.75 Å². The molecule has 0 amide bonds. The van der Waals surface area contributed by atoms with E-state index in [-0.39, 0.29) is 11.1 Å². The lowest BCUT2D eigenvalue weighted by atomic mass is 10.2. The number of carbonyl (C=O) groups excluding carboxylic acids is 1. The van der Waals surface area contributed by atoms with Crippen molar-refractivity contribution in [2.24, 2.45) is 10.8 Å². The van der Waals surface area contributed by atoms with Gasteiger partial charge in [0.15, 0.2) is 5.11 Å². The van der Waals surface area contributed by atoms with Crippen molar-refractivity contribution >= 4 is 29.5 Å². The van der Waals surface area contributed by atoms with Gasteiger partial charge in [-0.05, 0) is 61.8 Å². The fraction of sp³-hybridized carbons (Fsp3) is 0.400. The molecule has 0 spiro atoms. The molecule has 0 aliphatic heterocycles. The molecule has 1 aromatic rings. The van der Waals surface area contributed by atoms with E-state index in [9.17, 15) is 4.79 Å². The summed E-state index contributed by atoms with van der Waals surface area (Å²) in [6.45, 7) is 2.79. The zero-order valence-corrected chi connectivity index (χ0v) is 13.4. The summed E-state index contributed by atoms with van der Waals surface area (Å²) < 4.78 is 10.4. The van der Waals surface area contributed by atoms with E-state index in [0.717, 1.165) is 24.2 Å². The minimum atomic E-state index is -0.156. The van der Waals surface area contributed by atoms with Gasteiger partial charge in [0.2, 0.25) is 0 Å². The molecule has 0 radical (unpaired) electrons. The van der Waals surface area contributed by atoms with Crippen LogP contribution in [0.2, 0.25) is 0 Å². The SMILES string of the molecule is CCOC(=O)CCCCOc1ccc(/C=N/NC(N)=S)cc1. The van der Waals surface area contributed by atoms with Gasteiger partial charge < -0.3 is 15.2 Å². The number of unbranched alkanes of at least 4 members (excludes halogenated alkanes) is 1. The van der Waals surface area contributed by atoms with Crippen molar-refractivity contribution < 1.29 is 14.3 Å². The maximum Gasteiger partial charge on any atom is 0.305 e. The predicted molar refractivity (Wildman–Crippen MR) is 89.9 cm³/mol. The summed E-state index contributed by atoms with van der Waals surface area (Å²) >= 11 is 4.64. The molecule has 22 heavy (non-hydrogen) atoms. The van der Waals surface area contributed by atoms with E-state index in [1.165, 1.54) is 0 Å². The normalized spacial score (nSPS) is 10.4. The predicted octanol–water partition coefficient (Wildman–Crippen LogP) is 1.97. The molecule has 120 valence electrons. The summed E-state index contributed by atoms with van der Waals surface area (Å²) in [5.41, 5.74) is 8.64. The number of nitrogens with zero attached hydrogens (tertiary/aromatic N) is 1. The quantitative estimate of drug-likeness (QED) is 0.238. The van der Waals surface area contributed by atoms with Gasteiger partial charge in [-0.25, -0.2) is 0 Å². The van der Waals surface area contributed by atoms with E-state index in [0.29, 0.717) is 19.6 Å². The Morgan fingerprint density at radius 3 is 2.73 bits per heavy atom. The third-order valence-corrected chi connectivity index (χ3v) is 2.71. The molecule has 0 saturated heterocycles. The summed E-state index contributed by atoms with van der Waals surface area (Å²) in [6, 6.07) is 7.46. The molecule has 1 aromatic carbocycles. The van der Waals surface area contributed by atoms with Crippen molar-refractivity contribution in [3.63, 3.8) is 0 Å². The Morgan fingerprint density at radius 1 is 1.36 bits per heavy atom. The van der Waals surface area contributed by atoms with Crippen molar-refractivity contribution in [3.8, 4) is 5.75 Å². The van der Waals surface area contributed by atoms with Gasteiger partial charge in [-0.3, -0.25) is 10.2 Å². The topological polar surface area (TPSA) is 85.9 Å². The van der Waals surface area contributed by atoms with Crippen LogP contribution in [-0.2, 0) is 9.53 Å². The molecule has 0 aromatic heterocycles. The molecule has 1 rings (SSSR count). The summed E-state index contributed by atoms with van der Waals surface area (Å²) in [5.74, 6) is 0.618. The maximum atomic E-state index is 11.1. The number of benzene rings is 1. The molecular weight excluding hydrogens is 302 g/mol. The molecule has 0 bridgehead atoms. The molecule has 0 atom stereocenters. The Morgan fingerprint density at radius 2 is 2.09 bits per heavy atom. The van der Waals surface area contributed by atoms with Crippen LogP contribution in [0.25, 0.3) is 0 Å². The largest absolute Gasteiger partial charge is 0.494 e. The first kappa shape index (κ1) is 17.9. The van der Waals surface area contributed by atoms with E-state index in [4.69, 9.17) is 15.2 Å². The second-order valence-electron chi connectivity index (χ2n) is 4.41. The number of hydrogen-bond acceptors (Lipinski definition) is 5. The van der Waals surface area contributed by atoms with Gasteiger partial charge >= 0.3 is 5.97 Å². The van der Waals surface area contributed by atoms with Crippen molar-refractivity contribution in [1.82, 2.24) is 5.43 Å². The fourth-order valence-corrected chi connectivity index (χ4v) is 1.67. The smallest absolute Gasteiger partial charge is 0.305 e. The average Bonchev–Trinajstić information content (AvgIpc) is 2.48. The van der Waals surface area contributed by atoms with Crippen molar-refractivity contribution in [2.75, 3.05) is 13.2 Å². The molecule has 0 saturated carbocycles. The molecule has 0 aliphatic rings. The first-order chi connectivity index (χ1) is 10.6. The minimum absolute atomic E-state index is 0.124. The third-order valence-electron chi connectivity index (χ3n) is 2.62. The van der Waals surface area contributed by atoms with Gasteiger partial charge in [0.25, 0.3) is 0 Å². The number of nitrogens with two attached hydrogens (primary N) is 1. The maximum absolute atomic E-state index is 11.1. The Kier molecular flexibility index (Phi) is 8.59. The van der Waals surface area contributed by atoms with Crippen LogP contribution < -0.4 is 15.9 Å². The lowest BCUT2D eigenvalue weighted by Gasteiger charge is -2.06. The van der Waals surface area contributed by atoms with Gasteiger partial charge in [-0.15, -0.1) is 0 Å². The molecule has 7 heteroatoms. The summed E-state index contributed by atoms with van der Waals surface area (Å²) in [4.78, 5) is 11.1. The highest BCUT2D eigenvalue weighted by molar-refractivity contribution is 7.80. The van der Waals surface area contributed by atoms with E-state index >= 15 is 0 Å². The summed E-state index contributed by atoms with van der Waals surface area (Å²) in [5, 5.41) is 3.99. The van der Waals surface area contributed by atoms with Gasteiger partial charge in [0.05, 0.1) is 19.4 Å². The van der Waals surface area contributed by atoms with E-state index in [1.54, 1.807) is 13.1 Å². The molecule has 3 N–H and O–H groups in total. The molecule has 0 unspecified atom stereocenters. The molecule has 0 aliphatic carbocycles. The highest BCUT2D eigenvalue weighted by Gasteiger charge is 2.01. The number of hydrazone groups is 1. The van der Waals surface area contributed by atoms with Gasteiger partial charge in [-0.1, -0.05) is 0 Å². The van der Waals surface area contributed by atoms with Gasteiger partial charge in [-0.2, -0.15) is 5.10 Å². The van der Waals surface area contributed by atoms with Crippen molar-refractivity contribution in [2.45, 2.75) is 26.2 Å². The van der Waals surface area contributed by atoms with E-state index in [2.05, 4.69) is 22.7 Å². The van der Waals surface area contributed by atoms with Gasteiger partial charge in [0, 0.05) is 6.42 Å². The Bertz CT molecular complexity index is 503. The third kappa shape index (κ3) is 8.21. The zero-order valence-electron chi connectivity index (χ0n) is 12.6. The number of rotatable bonds is 9. The van der Waals surface area contributed by atoms with Crippen LogP contribution in [0.1, 0.15) is 31.7 Å². The van der Waals surface area contributed by atoms with Crippen LogP contribution in [-0.4, -0.2) is 30.5 Å². The monoisotopic (exact) mass is 323 g/mol. The van der Waals surface area contributed by atoms with Crippen molar-refractivity contribution in [3.05, 3.63) is 29.8 Å². The number of hydrogen-bond donors (Lipinski definition) is 2. The second kappa shape index (κ2) is 10.6. The highest BCUT2D eigenvalue weighted by atomic mass is 32.1. The molecular formula is C15H21N3O3S. The van der Waals surface area contributed by atoms with Crippen molar-refractivity contribution in [1.29, 1.82) is 0 Å². The average molecular weight is 323 g/mol. The first-order valence-corrected chi connectivity index (χ1v) is 7.49. The lowest BCUT2D eigenvalue weighted by Crippen LogP contribution is -2.23. The van der Waals surface area contributed by atoms with Crippen LogP contribution in [0.5, 0.6) is 5.75 Å². The number of carbonyl (C=O) groups is 1. The molecule has 0 fully saturated rings. The standard InChI is InChI=1S/C15H21N3O3S/c1-2-20-14(19)5-3-4-10-21-13-8-6-12(7-9-13)11-17-18-15(16)22/h6-9,11H,2-5,10H2,1H3,(H3,16,18,22)/b17-11+. The minimum Gasteiger partial charge on any atom is -0.494 e. The van der Waals surface area contributed by atoms with Crippen LogP contribution in [0.15, 0.2) is 29.4 Å². The Labute approximate surface area is 135 Å². The second-order valence-corrected chi connectivity index (χ2v) is 4.85. The summed E-state index contributed by atoms with van der Waals surface area (Å²) in [6.07, 6.45) is 3.61. The number of nitrogens with one attached hydrogen (secondary N) is 1. The number of ether oxygens (including phenoxy) is 2. The fourth-order valence-electron chi connectivity index (χ4n) is 1.62. The molecule has 0 heterocycles. The molecule has 6 nitrogen and oxygen atoms in total. The van der Waals surface area contributed by atoms with E-state index < -0.39 is 0 Å². The Hall–Kier alpha value is -2.15. The van der Waals surface area contributed by atoms with Crippen LogP contribution in [0.4, 0.5) is 0 Å². The van der Waals surface area contributed by atoms with Crippen LogP contribution in [0.3, 0.4) is 0 Å². The van der Waals surface area contributed by atoms with Crippen LogP contribution in [0, 0.1) is 0 Å². The van der Waals surface area contributed by atoms with Crippen LogP contribution >= 0.6 is 12.2 Å². The Balaban J connectivity index is 2.23. The highest BCUT2D eigenvalue weighted by Crippen LogP contribution is 2.12. The van der Waals surface area contributed by atoms with E-state index in [1.807, 2.05) is 24.3 Å². The summed E-state index contributed by atoms with van der Waals surface area (Å²) in [7, 11) is 0. The number of esters is 1. The first-order valence-electron chi connectivity index (χ1n) is 7.09. The number of thiocarbonyl (C=S) groups is 1. The zero-order chi connectivity index (χ0) is 16.2. The lowest BCUT2D eigenvalue weighted by molar-refractivity contribution is -0.143.